The Hall–Kier alpha value is -0.500. The minimum atomic E-state index is 0.167. The predicted octanol–water partition coefficient (Wildman–Crippen LogP) is 2.72. The molecule has 1 aliphatic carbocycles. The van der Waals surface area contributed by atoms with E-state index in [0.717, 1.165) is 12.8 Å². The third-order valence-electron chi connectivity index (χ3n) is 3.22. The molecule has 0 saturated heterocycles. The van der Waals surface area contributed by atoms with Crippen molar-refractivity contribution in [2.24, 2.45) is 11.3 Å². The highest BCUT2D eigenvalue weighted by Gasteiger charge is 2.38. The minimum Gasteiger partial charge on any atom is -0.352 e. The fourth-order valence-corrected chi connectivity index (χ4v) is 2.37. The summed E-state index contributed by atoms with van der Waals surface area (Å²) in [5.74, 6) is 0.878. The van der Waals surface area contributed by atoms with Crippen LogP contribution in [0.15, 0.2) is 12.2 Å². The van der Waals surface area contributed by atoms with Gasteiger partial charge in [-0.2, -0.15) is 0 Å². The van der Waals surface area contributed by atoms with Crippen molar-refractivity contribution in [1.82, 2.24) is 5.32 Å². The monoisotopic (exact) mass is 229 g/mol. The number of hydrogen-bond acceptors (Lipinski definition) is 1. The molecule has 86 valence electrons. The lowest BCUT2D eigenvalue weighted by atomic mass is 9.81. The average Bonchev–Trinajstić information content (AvgIpc) is 2.52. The van der Waals surface area contributed by atoms with Crippen LogP contribution in [0.4, 0.5) is 0 Å². The maximum Gasteiger partial charge on any atom is 0.223 e. The smallest absolute Gasteiger partial charge is 0.223 e. The highest BCUT2D eigenvalue weighted by atomic mass is 35.5. The number of allylic oxidation sites excluding steroid dienone is 1. The summed E-state index contributed by atoms with van der Waals surface area (Å²) in [6.45, 7) is 4.95. The summed E-state index contributed by atoms with van der Waals surface area (Å²) >= 11 is 5.49. The topological polar surface area (TPSA) is 29.1 Å². The molecule has 1 amide bonds. The van der Waals surface area contributed by atoms with E-state index in [0.29, 0.717) is 12.4 Å². The summed E-state index contributed by atoms with van der Waals surface area (Å²) in [4.78, 5) is 11.8. The number of carbonyl (C=O) groups is 1. The van der Waals surface area contributed by atoms with Crippen molar-refractivity contribution >= 4 is 17.5 Å². The number of hydrogen-bond donors (Lipinski definition) is 1. The Bertz CT molecular complexity index is 248. The molecule has 3 heteroatoms. The quantitative estimate of drug-likeness (QED) is 0.583. The van der Waals surface area contributed by atoms with Crippen LogP contribution < -0.4 is 5.32 Å². The van der Waals surface area contributed by atoms with Crippen molar-refractivity contribution in [3.63, 3.8) is 0 Å². The standard InChI is InChI=1S/C12H20ClNO/c1-12(2)7-5-6-10(12)11(15)14-9-4-3-8-13/h3-4,10H,5-9H2,1-2H3,(H,14,15)/b4-3+. The van der Waals surface area contributed by atoms with E-state index in [9.17, 15) is 4.79 Å². The first-order chi connectivity index (χ1) is 7.08. The Balaban J connectivity index is 2.37. The molecule has 0 spiro atoms. The van der Waals surface area contributed by atoms with E-state index in [2.05, 4.69) is 19.2 Å². The maximum atomic E-state index is 11.8. The molecule has 0 aromatic carbocycles. The van der Waals surface area contributed by atoms with Crippen molar-refractivity contribution in [3.8, 4) is 0 Å². The lowest BCUT2D eigenvalue weighted by Gasteiger charge is -2.25. The maximum absolute atomic E-state index is 11.8. The number of halogens is 1. The zero-order chi connectivity index (χ0) is 11.3. The van der Waals surface area contributed by atoms with Gasteiger partial charge >= 0.3 is 0 Å². The minimum absolute atomic E-state index is 0.167. The van der Waals surface area contributed by atoms with Crippen molar-refractivity contribution in [2.45, 2.75) is 33.1 Å². The SMILES string of the molecule is CC1(C)CCCC1C(=O)NC/C=C/CCl. The molecule has 1 atom stereocenters. The van der Waals surface area contributed by atoms with Gasteiger partial charge in [-0.3, -0.25) is 4.79 Å². The highest BCUT2D eigenvalue weighted by Crippen LogP contribution is 2.42. The van der Waals surface area contributed by atoms with Crippen molar-refractivity contribution < 1.29 is 4.79 Å². The first-order valence-electron chi connectivity index (χ1n) is 5.56. The Morgan fingerprint density at radius 2 is 2.27 bits per heavy atom. The molecule has 0 aromatic heterocycles. The fraction of sp³-hybridized carbons (Fsp3) is 0.750. The Morgan fingerprint density at radius 3 is 2.80 bits per heavy atom. The lowest BCUT2D eigenvalue weighted by Crippen LogP contribution is -2.36. The van der Waals surface area contributed by atoms with Crippen LogP contribution in [-0.2, 0) is 4.79 Å². The lowest BCUT2D eigenvalue weighted by molar-refractivity contribution is -0.127. The second kappa shape index (κ2) is 5.55. The van der Waals surface area contributed by atoms with Crippen LogP contribution >= 0.6 is 11.6 Å². The second-order valence-corrected chi connectivity index (χ2v) is 5.11. The average molecular weight is 230 g/mol. The van der Waals surface area contributed by atoms with Gasteiger partial charge in [-0.15, -0.1) is 11.6 Å². The molecule has 0 aromatic rings. The van der Waals surface area contributed by atoms with Crippen molar-refractivity contribution in [3.05, 3.63) is 12.2 Å². The molecule has 1 unspecified atom stereocenters. The van der Waals surface area contributed by atoms with Crippen LogP contribution in [0, 0.1) is 11.3 Å². The zero-order valence-corrected chi connectivity index (χ0v) is 10.3. The molecule has 1 saturated carbocycles. The summed E-state index contributed by atoms with van der Waals surface area (Å²) in [6.07, 6.45) is 7.09. The normalized spacial score (nSPS) is 24.6. The zero-order valence-electron chi connectivity index (χ0n) is 9.55. The molecule has 0 bridgehead atoms. The van der Waals surface area contributed by atoms with E-state index in [1.165, 1.54) is 6.42 Å². The fourth-order valence-electron chi connectivity index (χ4n) is 2.24. The van der Waals surface area contributed by atoms with Crippen LogP contribution in [0.2, 0.25) is 0 Å². The van der Waals surface area contributed by atoms with Crippen LogP contribution in [0.5, 0.6) is 0 Å². The summed E-state index contributed by atoms with van der Waals surface area (Å²) in [6, 6.07) is 0. The van der Waals surface area contributed by atoms with E-state index in [4.69, 9.17) is 11.6 Å². The number of nitrogens with one attached hydrogen (secondary N) is 1. The Morgan fingerprint density at radius 1 is 1.53 bits per heavy atom. The van der Waals surface area contributed by atoms with Gasteiger partial charge in [0.1, 0.15) is 0 Å². The van der Waals surface area contributed by atoms with Crippen LogP contribution in [0.3, 0.4) is 0 Å². The molecule has 2 nitrogen and oxygen atoms in total. The van der Waals surface area contributed by atoms with Gasteiger partial charge < -0.3 is 5.32 Å². The van der Waals surface area contributed by atoms with E-state index in [1.807, 2.05) is 12.2 Å². The van der Waals surface area contributed by atoms with Gasteiger partial charge in [0.2, 0.25) is 5.91 Å². The van der Waals surface area contributed by atoms with Gasteiger partial charge in [0, 0.05) is 18.3 Å². The molecule has 1 N–H and O–H groups in total. The highest BCUT2D eigenvalue weighted by molar-refractivity contribution is 6.18. The van der Waals surface area contributed by atoms with Crippen LogP contribution in [0.25, 0.3) is 0 Å². The first kappa shape index (κ1) is 12.6. The molecule has 0 radical (unpaired) electrons. The number of carbonyl (C=O) groups excluding carboxylic acids is 1. The van der Waals surface area contributed by atoms with Gasteiger partial charge in [0.05, 0.1) is 0 Å². The van der Waals surface area contributed by atoms with Crippen LogP contribution in [-0.4, -0.2) is 18.3 Å². The van der Waals surface area contributed by atoms with Gasteiger partial charge in [0.15, 0.2) is 0 Å². The van der Waals surface area contributed by atoms with Gasteiger partial charge in [-0.1, -0.05) is 32.4 Å². The van der Waals surface area contributed by atoms with Gasteiger partial charge in [-0.25, -0.2) is 0 Å². The molecular formula is C12H20ClNO. The molecule has 1 aliphatic rings. The first-order valence-corrected chi connectivity index (χ1v) is 6.10. The largest absolute Gasteiger partial charge is 0.352 e. The third kappa shape index (κ3) is 3.53. The predicted molar refractivity (Wildman–Crippen MR) is 64.0 cm³/mol. The van der Waals surface area contributed by atoms with Gasteiger partial charge in [0.25, 0.3) is 0 Å². The van der Waals surface area contributed by atoms with E-state index in [1.54, 1.807) is 0 Å². The van der Waals surface area contributed by atoms with Crippen molar-refractivity contribution in [1.29, 1.82) is 0 Å². The number of alkyl halides is 1. The number of rotatable bonds is 4. The summed E-state index contributed by atoms with van der Waals surface area (Å²) < 4.78 is 0. The molecule has 1 rings (SSSR count). The van der Waals surface area contributed by atoms with E-state index in [-0.39, 0.29) is 17.2 Å². The van der Waals surface area contributed by atoms with Crippen LogP contribution in [0.1, 0.15) is 33.1 Å². The molecule has 15 heavy (non-hydrogen) atoms. The summed E-state index contributed by atoms with van der Waals surface area (Å²) in [5, 5.41) is 2.93. The van der Waals surface area contributed by atoms with Gasteiger partial charge in [-0.05, 0) is 18.3 Å². The summed E-state index contributed by atoms with van der Waals surface area (Å²) in [7, 11) is 0. The molecule has 1 fully saturated rings. The van der Waals surface area contributed by atoms with E-state index >= 15 is 0 Å². The molecule has 0 heterocycles. The Labute approximate surface area is 97.1 Å². The summed E-state index contributed by atoms with van der Waals surface area (Å²) in [5.41, 5.74) is 0.167. The Kier molecular flexibility index (Phi) is 4.65. The third-order valence-corrected chi connectivity index (χ3v) is 3.40. The van der Waals surface area contributed by atoms with E-state index < -0.39 is 0 Å². The molecule has 0 aliphatic heterocycles. The molecular weight excluding hydrogens is 210 g/mol. The second-order valence-electron chi connectivity index (χ2n) is 4.80. The van der Waals surface area contributed by atoms with Crippen molar-refractivity contribution in [2.75, 3.05) is 12.4 Å². The number of amides is 1.